The summed E-state index contributed by atoms with van der Waals surface area (Å²) in [5.74, 6) is 0. The molecular formula is C17H19NO2. The highest BCUT2D eigenvalue weighted by Gasteiger charge is 2.14. The molecule has 1 saturated heterocycles. The first-order valence-electron chi connectivity index (χ1n) is 6.97. The largest absolute Gasteiger partial charge is 0.353 e. The van der Waals surface area contributed by atoms with Crippen molar-refractivity contribution in [3.8, 4) is 6.07 Å². The standard InChI is InChI=1S/C17H19NO2/c1-2-4-15(9-10-17-19-11-3-12-20-17)16-7-5-14(13-18)6-8-16/h2,5-8,17H,3,9-12H2,1H3. The summed E-state index contributed by atoms with van der Waals surface area (Å²) < 4.78 is 11.1. The Kier molecular flexibility index (Phi) is 5.58. The van der Waals surface area contributed by atoms with Gasteiger partial charge in [0.2, 0.25) is 0 Å². The van der Waals surface area contributed by atoms with Crippen molar-refractivity contribution in [3.05, 3.63) is 47.2 Å². The van der Waals surface area contributed by atoms with Crippen molar-refractivity contribution in [2.24, 2.45) is 0 Å². The first kappa shape index (κ1) is 14.6. The van der Waals surface area contributed by atoms with Gasteiger partial charge in [-0.2, -0.15) is 5.26 Å². The fraction of sp³-hybridized carbons (Fsp3) is 0.412. The summed E-state index contributed by atoms with van der Waals surface area (Å²) in [6.07, 6.45) is 4.47. The van der Waals surface area contributed by atoms with Gasteiger partial charge in [0.05, 0.1) is 24.8 Å². The minimum absolute atomic E-state index is 0.101. The first-order valence-corrected chi connectivity index (χ1v) is 6.97. The Hall–Kier alpha value is -1.85. The summed E-state index contributed by atoms with van der Waals surface area (Å²) in [7, 11) is 0. The molecule has 1 heterocycles. The number of hydrogen-bond donors (Lipinski definition) is 0. The Morgan fingerprint density at radius 2 is 2.00 bits per heavy atom. The maximum Gasteiger partial charge on any atom is 0.157 e. The molecule has 0 unspecified atom stereocenters. The summed E-state index contributed by atoms with van der Waals surface area (Å²) in [4.78, 5) is 0. The van der Waals surface area contributed by atoms with E-state index in [1.54, 1.807) is 0 Å². The van der Waals surface area contributed by atoms with E-state index < -0.39 is 0 Å². The second kappa shape index (κ2) is 7.67. The SMILES string of the molecule is CC=C=C(CCC1OCCCO1)c1ccc(C#N)cc1. The summed E-state index contributed by atoms with van der Waals surface area (Å²) in [5, 5.41) is 8.83. The lowest BCUT2D eigenvalue weighted by Crippen LogP contribution is -2.24. The van der Waals surface area contributed by atoms with Crippen LogP contribution >= 0.6 is 0 Å². The second-order valence-electron chi connectivity index (χ2n) is 4.66. The molecule has 1 aromatic rings. The van der Waals surface area contributed by atoms with Gasteiger partial charge in [-0.1, -0.05) is 12.1 Å². The second-order valence-corrected chi connectivity index (χ2v) is 4.66. The van der Waals surface area contributed by atoms with Crippen molar-refractivity contribution >= 4 is 5.57 Å². The molecule has 0 amide bonds. The highest BCUT2D eigenvalue weighted by molar-refractivity contribution is 5.65. The first-order chi connectivity index (χ1) is 9.83. The third-order valence-corrected chi connectivity index (χ3v) is 3.21. The van der Waals surface area contributed by atoms with Gasteiger partial charge in [-0.25, -0.2) is 0 Å². The highest BCUT2D eigenvalue weighted by atomic mass is 16.7. The van der Waals surface area contributed by atoms with E-state index in [1.165, 1.54) is 0 Å². The molecule has 2 rings (SSSR count). The lowest BCUT2D eigenvalue weighted by molar-refractivity contribution is -0.180. The van der Waals surface area contributed by atoms with Crippen LogP contribution in [0, 0.1) is 11.3 Å². The van der Waals surface area contributed by atoms with E-state index in [0.29, 0.717) is 5.56 Å². The monoisotopic (exact) mass is 269 g/mol. The van der Waals surface area contributed by atoms with Gasteiger partial charge in [-0.15, -0.1) is 5.73 Å². The van der Waals surface area contributed by atoms with Crippen LogP contribution in [0.5, 0.6) is 0 Å². The molecular weight excluding hydrogens is 250 g/mol. The molecule has 0 radical (unpaired) electrons. The Labute approximate surface area is 120 Å². The average molecular weight is 269 g/mol. The fourth-order valence-electron chi connectivity index (χ4n) is 2.19. The molecule has 0 bridgehead atoms. The molecule has 1 aliphatic heterocycles. The Bertz CT molecular complexity index is 527. The summed E-state index contributed by atoms with van der Waals surface area (Å²) in [6, 6.07) is 9.73. The van der Waals surface area contributed by atoms with Crippen LogP contribution in [0.4, 0.5) is 0 Å². The van der Waals surface area contributed by atoms with Crippen LogP contribution in [0.15, 0.2) is 36.1 Å². The van der Waals surface area contributed by atoms with Gasteiger partial charge >= 0.3 is 0 Å². The van der Waals surface area contributed by atoms with Crippen LogP contribution in [-0.4, -0.2) is 19.5 Å². The number of nitriles is 1. The van der Waals surface area contributed by atoms with Gasteiger partial charge in [0, 0.05) is 12.0 Å². The molecule has 0 saturated carbocycles. The lowest BCUT2D eigenvalue weighted by Gasteiger charge is -2.23. The number of rotatable bonds is 4. The molecule has 0 atom stereocenters. The molecule has 0 aromatic heterocycles. The van der Waals surface area contributed by atoms with Gasteiger partial charge < -0.3 is 9.47 Å². The number of allylic oxidation sites excluding steroid dienone is 1. The van der Waals surface area contributed by atoms with Crippen LogP contribution in [0.25, 0.3) is 5.57 Å². The molecule has 1 aliphatic rings. The summed E-state index contributed by atoms with van der Waals surface area (Å²) >= 11 is 0. The topological polar surface area (TPSA) is 42.2 Å². The Morgan fingerprint density at radius 3 is 2.60 bits per heavy atom. The van der Waals surface area contributed by atoms with E-state index in [0.717, 1.165) is 43.6 Å². The van der Waals surface area contributed by atoms with E-state index in [1.807, 2.05) is 37.3 Å². The Balaban J connectivity index is 2.03. The van der Waals surface area contributed by atoms with Crippen LogP contribution in [0.3, 0.4) is 0 Å². The number of ether oxygens (including phenoxy) is 2. The van der Waals surface area contributed by atoms with E-state index >= 15 is 0 Å². The van der Waals surface area contributed by atoms with Crippen molar-refractivity contribution < 1.29 is 9.47 Å². The zero-order valence-corrected chi connectivity index (χ0v) is 11.8. The third-order valence-electron chi connectivity index (χ3n) is 3.21. The van der Waals surface area contributed by atoms with Gasteiger partial charge in [-0.3, -0.25) is 0 Å². The highest BCUT2D eigenvalue weighted by Crippen LogP contribution is 2.22. The number of nitrogens with zero attached hydrogens (tertiary/aromatic N) is 1. The Morgan fingerprint density at radius 1 is 1.30 bits per heavy atom. The van der Waals surface area contributed by atoms with Gasteiger partial charge in [0.15, 0.2) is 6.29 Å². The summed E-state index contributed by atoms with van der Waals surface area (Å²) in [6.45, 7) is 3.52. The molecule has 3 nitrogen and oxygen atoms in total. The smallest absolute Gasteiger partial charge is 0.157 e. The normalized spacial score (nSPS) is 15.2. The number of benzene rings is 1. The van der Waals surface area contributed by atoms with Crippen molar-refractivity contribution in [2.45, 2.75) is 32.5 Å². The minimum Gasteiger partial charge on any atom is -0.353 e. The molecule has 1 aromatic carbocycles. The van der Waals surface area contributed by atoms with Crippen LogP contribution in [0.2, 0.25) is 0 Å². The van der Waals surface area contributed by atoms with E-state index in [9.17, 15) is 0 Å². The van der Waals surface area contributed by atoms with Crippen LogP contribution < -0.4 is 0 Å². The predicted octanol–water partition coefficient (Wildman–Crippen LogP) is 3.66. The number of hydrogen-bond acceptors (Lipinski definition) is 3. The van der Waals surface area contributed by atoms with E-state index in [4.69, 9.17) is 14.7 Å². The van der Waals surface area contributed by atoms with Crippen molar-refractivity contribution in [1.29, 1.82) is 5.26 Å². The molecule has 0 aliphatic carbocycles. The quantitative estimate of drug-likeness (QED) is 0.783. The van der Waals surface area contributed by atoms with Gasteiger partial charge in [0.1, 0.15) is 0 Å². The van der Waals surface area contributed by atoms with Crippen molar-refractivity contribution in [3.63, 3.8) is 0 Å². The molecule has 0 spiro atoms. The lowest BCUT2D eigenvalue weighted by atomic mass is 10.0. The summed E-state index contributed by atoms with van der Waals surface area (Å²) in [5.41, 5.74) is 6.16. The van der Waals surface area contributed by atoms with Crippen molar-refractivity contribution in [1.82, 2.24) is 0 Å². The van der Waals surface area contributed by atoms with Crippen LogP contribution in [-0.2, 0) is 9.47 Å². The third kappa shape index (κ3) is 4.08. The predicted molar refractivity (Wildman–Crippen MR) is 77.9 cm³/mol. The van der Waals surface area contributed by atoms with E-state index in [-0.39, 0.29) is 6.29 Å². The molecule has 20 heavy (non-hydrogen) atoms. The molecule has 3 heteroatoms. The maximum atomic E-state index is 8.83. The zero-order chi connectivity index (χ0) is 14.2. The van der Waals surface area contributed by atoms with E-state index in [2.05, 4.69) is 11.8 Å². The molecule has 0 N–H and O–H groups in total. The molecule has 104 valence electrons. The van der Waals surface area contributed by atoms with Gasteiger partial charge in [-0.05, 0) is 43.5 Å². The average Bonchev–Trinajstić information content (AvgIpc) is 2.52. The van der Waals surface area contributed by atoms with Gasteiger partial charge in [0.25, 0.3) is 0 Å². The maximum absolute atomic E-state index is 8.83. The van der Waals surface area contributed by atoms with Crippen LogP contribution in [0.1, 0.15) is 37.3 Å². The van der Waals surface area contributed by atoms with Crippen molar-refractivity contribution in [2.75, 3.05) is 13.2 Å². The molecule has 1 fully saturated rings. The fourth-order valence-corrected chi connectivity index (χ4v) is 2.19. The zero-order valence-electron chi connectivity index (χ0n) is 11.8. The minimum atomic E-state index is -0.101.